The predicted molar refractivity (Wildman–Crippen MR) is 73.2 cm³/mol. The number of fused-ring (bicyclic) bond motifs is 3. The number of nitrogens with one attached hydrogen (secondary N) is 1. The van der Waals surface area contributed by atoms with Crippen LogP contribution in [0.2, 0.25) is 0 Å². The highest BCUT2D eigenvalue weighted by molar-refractivity contribution is 6.06. The molecule has 0 fully saturated rings. The molecule has 3 rings (SSSR count). The van der Waals surface area contributed by atoms with Crippen LogP contribution < -0.4 is 5.73 Å². The lowest BCUT2D eigenvalue weighted by molar-refractivity contribution is 0.741. The smallest absolute Gasteiger partial charge is 0.0536 e. The Morgan fingerprint density at radius 3 is 2.76 bits per heavy atom. The Morgan fingerprint density at radius 2 is 1.94 bits per heavy atom. The van der Waals surface area contributed by atoms with Crippen molar-refractivity contribution in [1.29, 1.82) is 0 Å². The first-order valence-corrected chi connectivity index (χ1v) is 5.99. The van der Waals surface area contributed by atoms with Gasteiger partial charge in [-0.05, 0) is 24.3 Å². The Bertz CT molecular complexity index is 665. The first-order valence-electron chi connectivity index (χ1n) is 5.99. The van der Waals surface area contributed by atoms with Crippen LogP contribution in [0, 0.1) is 0 Å². The van der Waals surface area contributed by atoms with Gasteiger partial charge in [0.2, 0.25) is 0 Å². The molecule has 0 radical (unpaired) electrons. The minimum Gasteiger partial charge on any atom is -0.360 e. The van der Waals surface area contributed by atoms with Crippen LogP contribution in [0.15, 0.2) is 42.6 Å². The van der Waals surface area contributed by atoms with Crippen molar-refractivity contribution < 1.29 is 0 Å². The van der Waals surface area contributed by atoms with Gasteiger partial charge in [-0.3, -0.25) is 0 Å². The number of aromatic amines is 1. The highest BCUT2D eigenvalue weighted by Crippen LogP contribution is 2.27. The van der Waals surface area contributed by atoms with Gasteiger partial charge in [0.25, 0.3) is 0 Å². The molecule has 86 valence electrons. The van der Waals surface area contributed by atoms with E-state index in [0.717, 1.165) is 6.42 Å². The maximum atomic E-state index is 5.87. The third-order valence-electron chi connectivity index (χ3n) is 3.21. The molecule has 0 saturated carbocycles. The first kappa shape index (κ1) is 10.4. The number of H-pyrrole nitrogens is 1. The number of nitrogens with two attached hydrogens (primary N) is 1. The SMILES string of the molecule is C[C@H](N)Cc1c[nH]c2c1ccc1ccccc12. The van der Waals surface area contributed by atoms with E-state index >= 15 is 0 Å². The summed E-state index contributed by atoms with van der Waals surface area (Å²) in [6, 6.07) is 13.0. The van der Waals surface area contributed by atoms with Crippen molar-refractivity contribution >= 4 is 21.7 Å². The Hall–Kier alpha value is -1.80. The van der Waals surface area contributed by atoms with Crippen LogP contribution in [0.4, 0.5) is 0 Å². The highest BCUT2D eigenvalue weighted by atomic mass is 14.7. The number of benzene rings is 2. The van der Waals surface area contributed by atoms with Gasteiger partial charge >= 0.3 is 0 Å². The average Bonchev–Trinajstić information content (AvgIpc) is 2.72. The zero-order chi connectivity index (χ0) is 11.8. The molecule has 0 unspecified atom stereocenters. The highest BCUT2D eigenvalue weighted by Gasteiger charge is 2.07. The molecule has 0 spiro atoms. The summed E-state index contributed by atoms with van der Waals surface area (Å²) < 4.78 is 0. The zero-order valence-electron chi connectivity index (χ0n) is 9.90. The maximum Gasteiger partial charge on any atom is 0.0536 e. The van der Waals surface area contributed by atoms with Gasteiger partial charge in [0.05, 0.1) is 5.52 Å². The second-order valence-electron chi connectivity index (χ2n) is 4.70. The van der Waals surface area contributed by atoms with Crippen LogP contribution in [0.3, 0.4) is 0 Å². The van der Waals surface area contributed by atoms with Gasteiger partial charge in [0.15, 0.2) is 0 Å². The number of aromatic nitrogens is 1. The second kappa shape index (κ2) is 3.90. The fourth-order valence-electron chi connectivity index (χ4n) is 2.45. The van der Waals surface area contributed by atoms with E-state index in [9.17, 15) is 0 Å². The number of hydrogen-bond donors (Lipinski definition) is 2. The monoisotopic (exact) mass is 224 g/mol. The van der Waals surface area contributed by atoms with Gasteiger partial charge in [-0.25, -0.2) is 0 Å². The van der Waals surface area contributed by atoms with Crippen LogP contribution in [0.25, 0.3) is 21.7 Å². The van der Waals surface area contributed by atoms with Crippen molar-refractivity contribution in [3.8, 4) is 0 Å². The molecular formula is C15H16N2. The van der Waals surface area contributed by atoms with E-state index in [-0.39, 0.29) is 6.04 Å². The van der Waals surface area contributed by atoms with E-state index in [4.69, 9.17) is 5.73 Å². The Morgan fingerprint density at radius 1 is 1.12 bits per heavy atom. The summed E-state index contributed by atoms with van der Waals surface area (Å²) in [6.07, 6.45) is 3.00. The number of hydrogen-bond acceptors (Lipinski definition) is 1. The lowest BCUT2D eigenvalue weighted by atomic mass is 10.0. The first-order chi connectivity index (χ1) is 8.25. The van der Waals surface area contributed by atoms with Crippen molar-refractivity contribution in [1.82, 2.24) is 4.98 Å². The van der Waals surface area contributed by atoms with Crippen LogP contribution in [0.5, 0.6) is 0 Å². The van der Waals surface area contributed by atoms with E-state index in [1.54, 1.807) is 0 Å². The molecule has 2 nitrogen and oxygen atoms in total. The molecule has 3 aromatic rings. The van der Waals surface area contributed by atoms with Crippen molar-refractivity contribution in [3.05, 3.63) is 48.2 Å². The summed E-state index contributed by atoms with van der Waals surface area (Å²) in [6.45, 7) is 2.04. The van der Waals surface area contributed by atoms with Gasteiger partial charge in [0, 0.05) is 23.0 Å². The third kappa shape index (κ3) is 1.71. The van der Waals surface area contributed by atoms with E-state index in [2.05, 4.69) is 47.6 Å². The normalized spacial score (nSPS) is 13.3. The van der Waals surface area contributed by atoms with E-state index < -0.39 is 0 Å². The van der Waals surface area contributed by atoms with Crippen molar-refractivity contribution in [2.75, 3.05) is 0 Å². The van der Waals surface area contributed by atoms with E-state index in [1.807, 2.05) is 6.92 Å². The molecular weight excluding hydrogens is 208 g/mol. The largest absolute Gasteiger partial charge is 0.360 e. The molecule has 1 aromatic heterocycles. The summed E-state index contributed by atoms with van der Waals surface area (Å²) in [5, 5.41) is 3.84. The molecule has 2 heteroatoms. The molecule has 0 aliphatic heterocycles. The summed E-state index contributed by atoms with van der Waals surface area (Å²) in [4.78, 5) is 3.38. The van der Waals surface area contributed by atoms with Crippen LogP contribution >= 0.6 is 0 Å². The van der Waals surface area contributed by atoms with Crippen molar-refractivity contribution in [3.63, 3.8) is 0 Å². The Balaban J connectivity index is 2.27. The molecule has 1 heterocycles. The quantitative estimate of drug-likeness (QED) is 0.689. The average molecular weight is 224 g/mol. The molecule has 2 aromatic carbocycles. The van der Waals surface area contributed by atoms with Crippen molar-refractivity contribution in [2.24, 2.45) is 5.73 Å². The molecule has 1 atom stereocenters. The Labute approximate surface area is 100 Å². The molecule has 0 saturated heterocycles. The van der Waals surface area contributed by atoms with Gasteiger partial charge < -0.3 is 10.7 Å². The fourth-order valence-corrected chi connectivity index (χ4v) is 2.45. The molecule has 0 aliphatic rings. The summed E-state index contributed by atoms with van der Waals surface area (Å²) in [5.74, 6) is 0. The van der Waals surface area contributed by atoms with E-state index in [0.29, 0.717) is 0 Å². The maximum absolute atomic E-state index is 5.87. The molecule has 3 N–H and O–H groups in total. The van der Waals surface area contributed by atoms with E-state index in [1.165, 1.54) is 27.2 Å². The van der Waals surface area contributed by atoms with Gasteiger partial charge in [0.1, 0.15) is 0 Å². The third-order valence-corrected chi connectivity index (χ3v) is 3.21. The van der Waals surface area contributed by atoms with Crippen LogP contribution in [0.1, 0.15) is 12.5 Å². The molecule has 0 bridgehead atoms. The fraction of sp³-hybridized carbons (Fsp3) is 0.200. The van der Waals surface area contributed by atoms with Gasteiger partial charge in [-0.1, -0.05) is 36.4 Å². The van der Waals surface area contributed by atoms with Crippen LogP contribution in [-0.2, 0) is 6.42 Å². The van der Waals surface area contributed by atoms with Gasteiger partial charge in [-0.15, -0.1) is 0 Å². The molecule has 0 aliphatic carbocycles. The predicted octanol–water partition coefficient (Wildman–Crippen LogP) is 3.21. The zero-order valence-corrected chi connectivity index (χ0v) is 9.90. The topological polar surface area (TPSA) is 41.8 Å². The van der Waals surface area contributed by atoms with Crippen LogP contribution in [-0.4, -0.2) is 11.0 Å². The van der Waals surface area contributed by atoms with Gasteiger partial charge in [-0.2, -0.15) is 0 Å². The lowest BCUT2D eigenvalue weighted by Gasteiger charge is -2.04. The number of rotatable bonds is 2. The summed E-state index contributed by atoms with van der Waals surface area (Å²) in [5.41, 5.74) is 8.40. The second-order valence-corrected chi connectivity index (χ2v) is 4.70. The Kier molecular flexibility index (Phi) is 2.37. The summed E-state index contributed by atoms with van der Waals surface area (Å²) in [7, 11) is 0. The minimum absolute atomic E-state index is 0.195. The molecule has 0 amide bonds. The van der Waals surface area contributed by atoms with Crippen molar-refractivity contribution in [2.45, 2.75) is 19.4 Å². The minimum atomic E-state index is 0.195. The molecule has 17 heavy (non-hydrogen) atoms. The lowest BCUT2D eigenvalue weighted by Crippen LogP contribution is -2.17. The standard InChI is InChI=1S/C15H16N2/c1-10(16)8-12-9-17-15-13-5-3-2-4-11(13)6-7-14(12)15/h2-7,9-10,17H,8,16H2,1H3/t10-/m0/s1. The summed E-state index contributed by atoms with van der Waals surface area (Å²) >= 11 is 0.